The number of nitrogens with one attached hydrogen (secondary N) is 4. The van der Waals surface area contributed by atoms with Crippen LogP contribution in [0.4, 0.5) is 0 Å². The van der Waals surface area contributed by atoms with Crippen LogP contribution in [0.1, 0.15) is 38.4 Å². The number of hydrogen-bond acceptors (Lipinski definition) is 7. The van der Waals surface area contributed by atoms with Crippen molar-refractivity contribution in [2.75, 3.05) is 0 Å². The monoisotopic (exact) mass is 516 g/mol. The lowest BCUT2D eigenvalue weighted by atomic mass is 10.0. The summed E-state index contributed by atoms with van der Waals surface area (Å²) < 4.78 is 0. The number of hydrogen-bond donors (Lipinski definition) is 7. The molecule has 8 N–H and O–H groups in total. The van der Waals surface area contributed by atoms with Gasteiger partial charge in [0.05, 0.1) is 18.5 Å². The van der Waals surface area contributed by atoms with E-state index in [4.69, 9.17) is 5.73 Å². The summed E-state index contributed by atoms with van der Waals surface area (Å²) in [5.41, 5.74) is 7.47. The molecule has 0 fully saturated rings. The van der Waals surface area contributed by atoms with Crippen LogP contribution in [0.3, 0.4) is 0 Å². The van der Waals surface area contributed by atoms with E-state index in [-0.39, 0.29) is 25.2 Å². The summed E-state index contributed by atoms with van der Waals surface area (Å²) in [7, 11) is 0. The first-order valence-corrected chi connectivity index (χ1v) is 12.1. The number of nitrogens with two attached hydrogens (primary N) is 1. The van der Waals surface area contributed by atoms with Crippen molar-refractivity contribution < 1.29 is 29.4 Å². The number of nitrogens with zero attached hydrogens (tertiary/aromatic N) is 1. The molecule has 0 saturated heterocycles. The van der Waals surface area contributed by atoms with Crippen LogP contribution in [-0.4, -0.2) is 74.1 Å². The number of aliphatic hydroxyl groups is 1. The Hall–Kier alpha value is -3.77. The van der Waals surface area contributed by atoms with E-state index in [9.17, 15) is 29.4 Å². The SMILES string of the molecule is CC(C)CC(NC(=O)C(N)Cc1ccccc1)C(=O)NC(Cc1cnc[nH]1)C(=O)NC(C(=O)O)C(C)O. The highest BCUT2D eigenvalue weighted by Crippen LogP contribution is 2.09. The number of H-pyrrole nitrogens is 1. The summed E-state index contributed by atoms with van der Waals surface area (Å²) in [5.74, 6) is -3.36. The van der Waals surface area contributed by atoms with Crippen molar-refractivity contribution in [3.05, 3.63) is 54.1 Å². The van der Waals surface area contributed by atoms with E-state index in [0.717, 1.165) is 5.56 Å². The van der Waals surface area contributed by atoms with Crippen LogP contribution < -0.4 is 21.7 Å². The molecule has 3 amide bonds. The molecule has 12 heteroatoms. The predicted octanol–water partition coefficient (Wildman–Crippen LogP) is -0.512. The van der Waals surface area contributed by atoms with Gasteiger partial charge in [-0.3, -0.25) is 14.4 Å². The summed E-state index contributed by atoms with van der Waals surface area (Å²) in [4.78, 5) is 57.2. The first-order chi connectivity index (χ1) is 17.5. The molecule has 1 aromatic carbocycles. The minimum Gasteiger partial charge on any atom is -0.480 e. The number of imidazole rings is 1. The number of aromatic nitrogens is 2. The van der Waals surface area contributed by atoms with E-state index in [0.29, 0.717) is 5.69 Å². The van der Waals surface area contributed by atoms with Gasteiger partial charge in [-0.15, -0.1) is 0 Å². The van der Waals surface area contributed by atoms with E-state index >= 15 is 0 Å². The molecule has 12 nitrogen and oxygen atoms in total. The average Bonchev–Trinajstić information content (AvgIpc) is 3.34. The molecule has 1 heterocycles. The van der Waals surface area contributed by atoms with Crippen molar-refractivity contribution in [2.24, 2.45) is 11.7 Å². The highest BCUT2D eigenvalue weighted by Gasteiger charge is 2.32. The lowest BCUT2D eigenvalue weighted by Crippen LogP contribution is -2.59. The van der Waals surface area contributed by atoms with Crippen LogP contribution in [0, 0.1) is 5.92 Å². The normalized spacial score (nSPS) is 15.2. The van der Waals surface area contributed by atoms with E-state index in [2.05, 4.69) is 25.9 Å². The lowest BCUT2D eigenvalue weighted by Gasteiger charge is -2.26. The summed E-state index contributed by atoms with van der Waals surface area (Å²) in [6.45, 7) is 4.99. The maximum absolute atomic E-state index is 13.3. The van der Waals surface area contributed by atoms with Gasteiger partial charge in [0.2, 0.25) is 17.7 Å². The Labute approximate surface area is 215 Å². The number of aromatic amines is 1. The number of amides is 3. The quantitative estimate of drug-likeness (QED) is 0.174. The fraction of sp³-hybridized carbons (Fsp3) is 0.480. The topological polar surface area (TPSA) is 200 Å². The van der Waals surface area contributed by atoms with Crippen LogP contribution in [0.25, 0.3) is 0 Å². The molecule has 0 aliphatic heterocycles. The second-order valence-electron chi connectivity index (χ2n) is 9.39. The number of aliphatic hydroxyl groups excluding tert-OH is 1. The Balaban J connectivity index is 2.16. The second-order valence-corrected chi connectivity index (χ2v) is 9.39. The fourth-order valence-electron chi connectivity index (χ4n) is 3.68. The molecule has 0 bridgehead atoms. The van der Waals surface area contributed by atoms with Gasteiger partial charge in [0.15, 0.2) is 6.04 Å². The van der Waals surface area contributed by atoms with Gasteiger partial charge in [0.1, 0.15) is 12.1 Å². The first-order valence-electron chi connectivity index (χ1n) is 12.1. The number of carboxylic acids is 1. The molecule has 0 spiro atoms. The van der Waals surface area contributed by atoms with Gasteiger partial charge in [0.25, 0.3) is 0 Å². The third kappa shape index (κ3) is 9.66. The summed E-state index contributed by atoms with van der Waals surface area (Å²) in [6.07, 6.45) is 2.02. The number of carbonyl (C=O) groups is 4. The van der Waals surface area contributed by atoms with Crippen LogP contribution in [-0.2, 0) is 32.0 Å². The molecular weight excluding hydrogens is 480 g/mol. The zero-order chi connectivity index (χ0) is 27.5. The van der Waals surface area contributed by atoms with E-state index in [1.165, 1.54) is 19.4 Å². The smallest absolute Gasteiger partial charge is 0.328 e. The number of aliphatic carboxylic acids is 1. The number of rotatable bonds is 14. The number of carbonyl (C=O) groups excluding carboxylic acids is 3. The molecule has 1 aromatic heterocycles. The van der Waals surface area contributed by atoms with Crippen molar-refractivity contribution in [3.63, 3.8) is 0 Å². The molecule has 2 aromatic rings. The van der Waals surface area contributed by atoms with Crippen LogP contribution in [0.2, 0.25) is 0 Å². The van der Waals surface area contributed by atoms with Crippen LogP contribution >= 0.6 is 0 Å². The minimum absolute atomic E-state index is 0.0212. The van der Waals surface area contributed by atoms with Crippen molar-refractivity contribution in [1.82, 2.24) is 25.9 Å². The summed E-state index contributed by atoms with van der Waals surface area (Å²) >= 11 is 0. The predicted molar refractivity (Wildman–Crippen MR) is 135 cm³/mol. The van der Waals surface area contributed by atoms with Gasteiger partial charge in [-0.25, -0.2) is 9.78 Å². The van der Waals surface area contributed by atoms with Crippen molar-refractivity contribution >= 4 is 23.7 Å². The molecular formula is C25H36N6O6. The van der Waals surface area contributed by atoms with Crippen LogP contribution in [0.15, 0.2) is 42.9 Å². The Morgan fingerprint density at radius 3 is 2.11 bits per heavy atom. The molecule has 2 rings (SSSR count). The summed E-state index contributed by atoms with van der Waals surface area (Å²) in [5, 5.41) is 26.6. The third-order valence-corrected chi connectivity index (χ3v) is 5.63. The zero-order valence-electron chi connectivity index (χ0n) is 21.2. The molecule has 0 saturated carbocycles. The maximum Gasteiger partial charge on any atom is 0.328 e. The molecule has 5 unspecified atom stereocenters. The molecule has 0 aliphatic carbocycles. The van der Waals surface area contributed by atoms with Gasteiger partial charge < -0.3 is 36.9 Å². The van der Waals surface area contributed by atoms with Crippen molar-refractivity contribution in [1.29, 1.82) is 0 Å². The van der Waals surface area contributed by atoms with Gasteiger partial charge in [-0.1, -0.05) is 44.2 Å². The van der Waals surface area contributed by atoms with E-state index < -0.39 is 54.0 Å². The van der Waals surface area contributed by atoms with Gasteiger partial charge >= 0.3 is 5.97 Å². The molecule has 37 heavy (non-hydrogen) atoms. The van der Waals surface area contributed by atoms with E-state index in [1.807, 2.05) is 44.2 Å². The third-order valence-electron chi connectivity index (χ3n) is 5.63. The average molecular weight is 517 g/mol. The second kappa shape index (κ2) is 14.1. The standard InChI is InChI=1S/C25H36N6O6/c1-14(2)9-19(29-22(33)18(26)10-16-7-5-4-6-8-16)23(34)30-20(11-17-12-27-13-28-17)24(35)31-21(15(3)32)25(36)37/h4-8,12-15,18-21,32H,9-11,26H2,1-3H3,(H,27,28)(H,29,33)(H,30,34)(H,31,35)(H,36,37). The highest BCUT2D eigenvalue weighted by atomic mass is 16.4. The van der Waals surface area contributed by atoms with Gasteiger partial charge in [0, 0.05) is 18.3 Å². The Morgan fingerprint density at radius 1 is 0.946 bits per heavy atom. The maximum atomic E-state index is 13.3. The number of carboxylic acid groups (broad SMARTS) is 1. The molecule has 5 atom stereocenters. The van der Waals surface area contributed by atoms with E-state index in [1.54, 1.807) is 0 Å². The minimum atomic E-state index is -1.57. The Kier molecular flexibility index (Phi) is 11.2. The zero-order valence-corrected chi connectivity index (χ0v) is 21.2. The van der Waals surface area contributed by atoms with Gasteiger partial charge in [-0.2, -0.15) is 0 Å². The fourth-order valence-corrected chi connectivity index (χ4v) is 3.68. The number of benzene rings is 1. The first kappa shape index (κ1) is 29.5. The Morgan fingerprint density at radius 2 is 1.57 bits per heavy atom. The molecule has 0 radical (unpaired) electrons. The Bertz CT molecular complexity index is 1030. The highest BCUT2D eigenvalue weighted by molar-refractivity contribution is 5.94. The van der Waals surface area contributed by atoms with Crippen molar-refractivity contribution in [3.8, 4) is 0 Å². The summed E-state index contributed by atoms with van der Waals surface area (Å²) in [6, 6.07) is 4.57. The van der Waals surface area contributed by atoms with Crippen molar-refractivity contribution in [2.45, 2.75) is 70.3 Å². The van der Waals surface area contributed by atoms with Crippen LogP contribution in [0.5, 0.6) is 0 Å². The van der Waals surface area contributed by atoms with Gasteiger partial charge in [-0.05, 0) is 31.2 Å². The largest absolute Gasteiger partial charge is 0.480 e. The lowest BCUT2D eigenvalue weighted by molar-refractivity contribution is -0.145. The molecule has 0 aliphatic rings. The molecule has 202 valence electrons.